The van der Waals surface area contributed by atoms with Crippen LogP contribution < -0.4 is 5.32 Å². The summed E-state index contributed by atoms with van der Waals surface area (Å²) in [6, 6.07) is 15.4. The summed E-state index contributed by atoms with van der Waals surface area (Å²) in [5.41, 5.74) is 3.37. The molecule has 8 heteroatoms. The maximum absolute atomic E-state index is 12.4. The number of amides is 1. The summed E-state index contributed by atoms with van der Waals surface area (Å²) in [7, 11) is 0. The molecule has 0 spiro atoms. The summed E-state index contributed by atoms with van der Waals surface area (Å²) in [6.07, 6.45) is 1.76. The highest BCUT2D eigenvalue weighted by Crippen LogP contribution is 2.27. The molecule has 0 radical (unpaired) electrons. The Balaban J connectivity index is 1.56. The van der Waals surface area contributed by atoms with E-state index in [2.05, 4.69) is 20.5 Å². The van der Waals surface area contributed by atoms with Crippen LogP contribution in [0.1, 0.15) is 11.4 Å². The smallest absolute Gasteiger partial charge is 0.234 e. The number of benzene rings is 2. The first-order chi connectivity index (χ1) is 14.0. The van der Waals surface area contributed by atoms with E-state index < -0.39 is 0 Å². The van der Waals surface area contributed by atoms with Crippen LogP contribution in [0.15, 0.2) is 59.9 Å². The van der Waals surface area contributed by atoms with E-state index in [1.807, 2.05) is 60.9 Å². The van der Waals surface area contributed by atoms with Crippen molar-refractivity contribution in [2.75, 3.05) is 11.1 Å². The first-order valence-electron chi connectivity index (χ1n) is 8.98. The molecular formula is C21H18ClN5OS. The van der Waals surface area contributed by atoms with Gasteiger partial charge in [0.1, 0.15) is 5.82 Å². The number of rotatable bonds is 5. The molecule has 2 heterocycles. The van der Waals surface area contributed by atoms with Crippen molar-refractivity contribution in [3.8, 4) is 5.69 Å². The van der Waals surface area contributed by atoms with Gasteiger partial charge in [0.2, 0.25) is 5.91 Å². The number of halogens is 1. The average Bonchev–Trinajstić information content (AvgIpc) is 3.08. The van der Waals surface area contributed by atoms with Gasteiger partial charge in [0, 0.05) is 11.6 Å². The van der Waals surface area contributed by atoms with Crippen LogP contribution in [-0.4, -0.2) is 31.4 Å². The lowest BCUT2D eigenvalue weighted by Gasteiger charge is -2.11. The minimum Gasteiger partial charge on any atom is -0.324 e. The summed E-state index contributed by atoms with van der Waals surface area (Å²) >= 11 is 7.51. The summed E-state index contributed by atoms with van der Waals surface area (Å²) in [5.74, 6) is 0.747. The van der Waals surface area contributed by atoms with E-state index in [0.29, 0.717) is 15.9 Å². The lowest BCUT2D eigenvalue weighted by molar-refractivity contribution is -0.113. The largest absolute Gasteiger partial charge is 0.324 e. The van der Waals surface area contributed by atoms with Gasteiger partial charge in [-0.25, -0.2) is 0 Å². The number of carbonyl (C=O) groups excluding carboxylic acids is 1. The third kappa shape index (κ3) is 4.11. The van der Waals surface area contributed by atoms with E-state index in [9.17, 15) is 4.79 Å². The summed E-state index contributed by atoms with van der Waals surface area (Å²) in [4.78, 5) is 16.9. The minimum atomic E-state index is -0.163. The molecule has 0 fully saturated rings. The van der Waals surface area contributed by atoms with Crippen LogP contribution in [0.5, 0.6) is 0 Å². The zero-order valence-electron chi connectivity index (χ0n) is 15.9. The van der Waals surface area contributed by atoms with Crippen molar-refractivity contribution in [2.45, 2.75) is 19.0 Å². The Morgan fingerprint density at radius 1 is 1.14 bits per heavy atom. The van der Waals surface area contributed by atoms with Crippen molar-refractivity contribution in [2.24, 2.45) is 0 Å². The summed E-state index contributed by atoms with van der Waals surface area (Å²) in [6.45, 7) is 3.83. The molecule has 0 saturated carbocycles. The zero-order valence-corrected chi connectivity index (χ0v) is 17.5. The highest BCUT2D eigenvalue weighted by molar-refractivity contribution is 7.99. The van der Waals surface area contributed by atoms with Crippen LogP contribution >= 0.6 is 23.4 Å². The predicted octanol–water partition coefficient (Wildman–Crippen LogP) is 4.82. The molecule has 2 aromatic heterocycles. The van der Waals surface area contributed by atoms with Gasteiger partial charge in [-0.1, -0.05) is 47.6 Å². The molecule has 0 aliphatic carbocycles. The van der Waals surface area contributed by atoms with Crippen molar-refractivity contribution >= 4 is 45.9 Å². The van der Waals surface area contributed by atoms with E-state index in [-0.39, 0.29) is 11.7 Å². The fraction of sp³-hybridized carbons (Fsp3) is 0.143. The molecule has 146 valence electrons. The first-order valence-corrected chi connectivity index (χ1v) is 10.3. The second-order valence-corrected chi connectivity index (χ2v) is 7.89. The standard InChI is InChI=1S/C21H18ClN5OS/c1-13-8-9-17(16(22)11-13)24-19(28)12-29-21-26-25-14(2)27(21)18-7-3-5-15-6-4-10-23-20(15)18/h3-11H,12H2,1-2H3,(H,24,28). The van der Waals surface area contributed by atoms with E-state index in [4.69, 9.17) is 11.6 Å². The van der Waals surface area contributed by atoms with E-state index in [1.165, 1.54) is 11.8 Å². The zero-order chi connectivity index (χ0) is 20.4. The van der Waals surface area contributed by atoms with Gasteiger partial charge in [0.05, 0.1) is 27.7 Å². The summed E-state index contributed by atoms with van der Waals surface area (Å²) in [5, 5.41) is 13.5. The predicted molar refractivity (Wildman–Crippen MR) is 117 cm³/mol. The van der Waals surface area contributed by atoms with Crippen LogP contribution in [0.2, 0.25) is 5.02 Å². The van der Waals surface area contributed by atoms with Crippen LogP contribution in [0.4, 0.5) is 5.69 Å². The molecule has 4 aromatic rings. The molecule has 1 N–H and O–H groups in total. The van der Waals surface area contributed by atoms with Crippen LogP contribution in [-0.2, 0) is 4.79 Å². The van der Waals surface area contributed by atoms with E-state index >= 15 is 0 Å². The topological polar surface area (TPSA) is 72.7 Å². The number of nitrogens with zero attached hydrogens (tertiary/aromatic N) is 4. The van der Waals surface area contributed by atoms with E-state index in [0.717, 1.165) is 28.0 Å². The SMILES string of the molecule is Cc1ccc(NC(=O)CSc2nnc(C)n2-c2cccc3cccnc23)c(Cl)c1. The Labute approximate surface area is 177 Å². The normalized spacial score (nSPS) is 11.0. The minimum absolute atomic E-state index is 0.163. The number of fused-ring (bicyclic) bond motifs is 1. The van der Waals surface area contributed by atoms with Crippen LogP contribution in [0.3, 0.4) is 0 Å². The van der Waals surface area contributed by atoms with Gasteiger partial charge in [0.25, 0.3) is 0 Å². The third-order valence-electron chi connectivity index (χ3n) is 4.38. The maximum Gasteiger partial charge on any atom is 0.234 e. The fourth-order valence-electron chi connectivity index (χ4n) is 3.02. The quantitative estimate of drug-likeness (QED) is 0.466. The van der Waals surface area contributed by atoms with Crippen LogP contribution in [0, 0.1) is 13.8 Å². The van der Waals surface area contributed by atoms with Crippen molar-refractivity contribution < 1.29 is 4.79 Å². The number of anilines is 1. The number of nitrogens with one attached hydrogen (secondary N) is 1. The van der Waals surface area contributed by atoms with Crippen LogP contribution in [0.25, 0.3) is 16.6 Å². The highest BCUT2D eigenvalue weighted by atomic mass is 35.5. The molecule has 29 heavy (non-hydrogen) atoms. The van der Waals surface area contributed by atoms with Gasteiger partial charge in [-0.05, 0) is 43.7 Å². The van der Waals surface area contributed by atoms with Gasteiger partial charge in [-0.15, -0.1) is 10.2 Å². The fourth-order valence-corrected chi connectivity index (χ4v) is 4.09. The number of aryl methyl sites for hydroxylation is 2. The van der Waals surface area contributed by atoms with Gasteiger partial charge >= 0.3 is 0 Å². The number of carbonyl (C=O) groups is 1. The average molecular weight is 424 g/mol. The van der Waals surface area contributed by atoms with Gasteiger partial charge in [0.15, 0.2) is 5.16 Å². The third-order valence-corrected chi connectivity index (χ3v) is 5.62. The molecule has 0 aliphatic heterocycles. The lowest BCUT2D eigenvalue weighted by Crippen LogP contribution is -2.15. The van der Waals surface area contributed by atoms with Crippen molar-refractivity contribution in [1.29, 1.82) is 0 Å². The molecule has 0 saturated heterocycles. The Morgan fingerprint density at radius 3 is 2.79 bits per heavy atom. The molecule has 1 amide bonds. The van der Waals surface area contributed by atoms with Gasteiger partial charge in [-0.2, -0.15) is 0 Å². The Morgan fingerprint density at radius 2 is 1.97 bits per heavy atom. The van der Waals surface area contributed by atoms with Crippen molar-refractivity contribution in [3.05, 3.63) is 71.1 Å². The highest BCUT2D eigenvalue weighted by Gasteiger charge is 2.16. The molecule has 6 nitrogen and oxygen atoms in total. The molecule has 0 atom stereocenters. The number of hydrogen-bond acceptors (Lipinski definition) is 5. The molecule has 0 bridgehead atoms. The summed E-state index contributed by atoms with van der Waals surface area (Å²) < 4.78 is 1.92. The number of hydrogen-bond donors (Lipinski definition) is 1. The Kier molecular flexibility index (Phi) is 5.51. The first kappa shape index (κ1) is 19.4. The second kappa shape index (κ2) is 8.23. The molecular weight excluding hydrogens is 406 g/mol. The van der Waals surface area contributed by atoms with Crippen molar-refractivity contribution in [1.82, 2.24) is 19.7 Å². The number of aromatic nitrogens is 4. The van der Waals surface area contributed by atoms with Gasteiger partial charge in [-0.3, -0.25) is 14.3 Å². The number of para-hydroxylation sites is 1. The Bertz CT molecular complexity index is 1200. The van der Waals surface area contributed by atoms with Gasteiger partial charge < -0.3 is 5.32 Å². The molecule has 0 unspecified atom stereocenters. The van der Waals surface area contributed by atoms with Crippen molar-refractivity contribution in [3.63, 3.8) is 0 Å². The van der Waals surface area contributed by atoms with E-state index in [1.54, 1.807) is 12.3 Å². The monoisotopic (exact) mass is 423 g/mol. The number of pyridine rings is 1. The second-order valence-electron chi connectivity index (χ2n) is 6.54. The molecule has 4 rings (SSSR count). The maximum atomic E-state index is 12.4. The Hall–Kier alpha value is -2.90. The molecule has 0 aliphatic rings. The lowest BCUT2D eigenvalue weighted by atomic mass is 10.2. The molecule has 2 aromatic carbocycles. The number of thioether (sulfide) groups is 1.